The Morgan fingerprint density at radius 1 is 1.03 bits per heavy atom. The molecule has 180 valence electrons. The van der Waals surface area contributed by atoms with Gasteiger partial charge in [-0.05, 0) is 91.4 Å². The van der Waals surface area contributed by atoms with E-state index in [1.807, 2.05) is 0 Å². The quantitative estimate of drug-likeness (QED) is 0.413. The van der Waals surface area contributed by atoms with Gasteiger partial charge >= 0.3 is 0 Å². The molecule has 2 N–H and O–H groups in total. The number of epoxide rings is 1. The Morgan fingerprint density at radius 2 is 1.75 bits per heavy atom. The molecule has 12 atom stereocenters. The van der Waals surface area contributed by atoms with Crippen molar-refractivity contribution in [2.45, 2.75) is 123 Å². The lowest BCUT2D eigenvalue weighted by molar-refractivity contribution is -0.0516. The van der Waals surface area contributed by atoms with Crippen LogP contribution in [0, 0.1) is 46.3 Å². The van der Waals surface area contributed by atoms with Gasteiger partial charge in [-0.3, -0.25) is 0 Å². The van der Waals surface area contributed by atoms with Crippen molar-refractivity contribution in [3.05, 3.63) is 11.1 Å². The van der Waals surface area contributed by atoms with E-state index < -0.39 is 6.10 Å². The van der Waals surface area contributed by atoms with Gasteiger partial charge in [-0.1, -0.05) is 53.0 Å². The Kier molecular flexibility index (Phi) is 4.89. The monoisotopic (exact) mass is 442 g/mol. The number of hydrogen-bond donors (Lipinski definition) is 2. The van der Waals surface area contributed by atoms with Crippen molar-refractivity contribution < 1.29 is 14.9 Å². The summed E-state index contributed by atoms with van der Waals surface area (Å²) in [4.78, 5) is 0. The van der Waals surface area contributed by atoms with Gasteiger partial charge in [0.1, 0.15) is 17.8 Å². The standard InChI is InChI=1S/C29H46O3/c1-16(20-14-18(20)3)6-7-17(2)21-8-9-22-24-23(11-12-27(21,22)4)28(5)13-10-19(30)15-29(28)26(32-29)25(24)31/h16-21,23,25-26,30-31H,6-15H2,1-5H3. The van der Waals surface area contributed by atoms with Gasteiger partial charge in [-0.25, -0.2) is 0 Å². The fourth-order valence-electron chi connectivity index (χ4n) is 9.92. The van der Waals surface area contributed by atoms with Crippen LogP contribution in [0.3, 0.4) is 0 Å². The number of allylic oxidation sites excluding steroid dienone is 1. The molecule has 1 saturated heterocycles. The molecule has 1 spiro atoms. The zero-order valence-corrected chi connectivity index (χ0v) is 21.1. The minimum atomic E-state index is -0.446. The van der Waals surface area contributed by atoms with E-state index in [0.29, 0.717) is 5.92 Å². The Bertz CT molecular complexity index is 819. The number of hydrogen-bond acceptors (Lipinski definition) is 3. The molecule has 6 aliphatic rings. The first kappa shape index (κ1) is 22.1. The Labute approximate surface area is 195 Å². The van der Waals surface area contributed by atoms with Gasteiger partial charge in [0.25, 0.3) is 0 Å². The average Bonchev–Trinajstić information content (AvgIpc) is 3.63. The van der Waals surface area contributed by atoms with E-state index in [4.69, 9.17) is 4.74 Å². The average molecular weight is 443 g/mol. The van der Waals surface area contributed by atoms with Crippen LogP contribution in [0.15, 0.2) is 11.1 Å². The molecule has 0 aromatic rings. The molecule has 3 nitrogen and oxygen atoms in total. The summed E-state index contributed by atoms with van der Waals surface area (Å²) >= 11 is 0. The van der Waals surface area contributed by atoms with Crippen LogP contribution in [0.1, 0.15) is 98.8 Å². The van der Waals surface area contributed by atoms with E-state index in [9.17, 15) is 10.2 Å². The zero-order chi connectivity index (χ0) is 22.6. The Hall–Kier alpha value is -0.380. The second-order valence-corrected chi connectivity index (χ2v) is 13.7. The maximum atomic E-state index is 11.5. The second kappa shape index (κ2) is 7.08. The van der Waals surface area contributed by atoms with Crippen LogP contribution in [-0.2, 0) is 4.74 Å². The van der Waals surface area contributed by atoms with Crippen LogP contribution in [0.4, 0.5) is 0 Å². The highest BCUT2D eigenvalue weighted by Gasteiger charge is 2.77. The van der Waals surface area contributed by atoms with E-state index in [1.54, 1.807) is 5.57 Å². The van der Waals surface area contributed by atoms with Gasteiger partial charge in [0.05, 0.1) is 6.10 Å². The summed E-state index contributed by atoms with van der Waals surface area (Å²) in [5.74, 6) is 4.80. The highest BCUT2D eigenvalue weighted by atomic mass is 16.6. The van der Waals surface area contributed by atoms with Crippen LogP contribution in [0.5, 0.6) is 0 Å². The predicted molar refractivity (Wildman–Crippen MR) is 127 cm³/mol. The third-order valence-corrected chi connectivity index (χ3v) is 12.2. The lowest BCUT2D eigenvalue weighted by Gasteiger charge is -2.56. The van der Waals surface area contributed by atoms with Crippen molar-refractivity contribution in [1.29, 1.82) is 0 Å². The topological polar surface area (TPSA) is 53.0 Å². The molecular weight excluding hydrogens is 396 g/mol. The predicted octanol–water partition coefficient (Wildman–Crippen LogP) is 5.88. The lowest BCUT2D eigenvalue weighted by atomic mass is 9.48. The second-order valence-electron chi connectivity index (χ2n) is 13.7. The van der Waals surface area contributed by atoms with Crippen LogP contribution in [0.25, 0.3) is 0 Å². The normalized spacial score (nSPS) is 55.4. The maximum absolute atomic E-state index is 11.5. The summed E-state index contributed by atoms with van der Waals surface area (Å²) in [7, 11) is 0. The molecule has 0 amide bonds. The largest absolute Gasteiger partial charge is 0.393 e. The summed E-state index contributed by atoms with van der Waals surface area (Å²) in [6.45, 7) is 12.4. The molecule has 5 aliphatic carbocycles. The molecule has 0 aromatic carbocycles. The van der Waals surface area contributed by atoms with Crippen molar-refractivity contribution in [1.82, 2.24) is 0 Å². The third kappa shape index (κ3) is 2.83. The van der Waals surface area contributed by atoms with Crippen LogP contribution >= 0.6 is 0 Å². The Morgan fingerprint density at radius 3 is 2.47 bits per heavy atom. The first-order chi connectivity index (χ1) is 15.1. The first-order valence-electron chi connectivity index (χ1n) is 13.9. The minimum absolute atomic E-state index is 0.0820. The number of aliphatic hydroxyl groups excluding tert-OH is 2. The van der Waals surface area contributed by atoms with Gasteiger partial charge in [0, 0.05) is 11.8 Å². The molecule has 6 rings (SSSR count). The van der Waals surface area contributed by atoms with E-state index >= 15 is 0 Å². The zero-order valence-electron chi connectivity index (χ0n) is 21.1. The molecular formula is C29H46O3. The molecule has 4 saturated carbocycles. The van der Waals surface area contributed by atoms with Crippen molar-refractivity contribution in [3.8, 4) is 0 Å². The van der Waals surface area contributed by atoms with Crippen LogP contribution in [0.2, 0.25) is 0 Å². The molecule has 0 aromatic heterocycles. The van der Waals surface area contributed by atoms with Gasteiger partial charge < -0.3 is 14.9 Å². The summed E-state index contributed by atoms with van der Waals surface area (Å²) < 4.78 is 6.36. The SMILES string of the molecule is CC(CCC(C)C1CCC2=C3C(O)C4OC45CC(O)CCC5(C)C3CCC21C)C1CC1C. The Balaban J connectivity index is 1.25. The van der Waals surface area contributed by atoms with E-state index in [1.165, 1.54) is 50.5 Å². The molecule has 3 heteroatoms. The fourth-order valence-corrected chi connectivity index (χ4v) is 9.92. The molecule has 12 unspecified atom stereocenters. The highest BCUT2D eigenvalue weighted by Crippen LogP contribution is 2.72. The third-order valence-electron chi connectivity index (χ3n) is 12.2. The molecule has 1 heterocycles. The van der Waals surface area contributed by atoms with Crippen molar-refractivity contribution >= 4 is 0 Å². The molecule has 5 fully saturated rings. The van der Waals surface area contributed by atoms with Crippen molar-refractivity contribution in [2.24, 2.45) is 46.3 Å². The van der Waals surface area contributed by atoms with E-state index in [-0.39, 0.29) is 28.6 Å². The number of ether oxygens (including phenoxy) is 1. The van der Waals surface area contributed by atoms with E-state index in [0.717, 1.165) is 48.9 Å². The minimum Gasteiger partial charge on any atom is -0.393 e. The van der Waals surface area contributed by atoms with Gasteiger partial charge in [0.15, 0.2) is 0 Å². The van der Waals surface area contributed by atoms with Gasteiger partial charge in [0.2, 0.25) is 0 Å². The van der Waals surface area contributed by atoms with Gasteiger partial charge in [-0.2, -0.15) is 0 Å². The highest BCUT2D eigenvalue weighted by molar-refractivity contribution is 5.43. The molecule has 0 radical (unpaired) electrons. The summed E-state index contributed by atoms with van der Waals surface area (Å²) in [6, 6.07) is 0. The first-order valence-corrected chi connectivity index (χ1v) is 13.9. The molecule has 32 heavy (non-hydrogen) atoms. The number of rotatable bonds is 5. The van der Waals surface area contributed by atoms with Crippen molar-refractivity contribution in [2.75, 3.05) is 0 Å². The molecule has 1 aliphatic heterocycles. The van der Waals surface area contributed by atoms with E-state index in [2.05, 4.69) is 34.6 Å². The van der Waals surface area contributed by atoms with Crippen molar-refractivity contribution in [3.63, 3.8) is 0 Å². The maximum Gasteiger partial charge on any atom is 0.118 e. The van der Waals surface area contributed by atoms with Crippen LogP contribution < -0.4 is 0 Å². The molecule has 0 bridgehead atoms. The summed E-state index contributed by atoms with van der Waals surface area (Å²) in [5.41, 5.74) is 3.10. The van der Waals surface area contributed by atoms with Crippen LogP contribution in [-0.4, -0.2) is 34.1 Å². The number of aliphatic hydroxyl groups is 2. The smallest absolute Gasteiger partial charge is 0.118 e. The lowest BCUT2D eigenvalue weighted by Crippen LogP contribution is -2.57. The number of fused-ring (bicyclic) bond motifs is 3. The summed E-state index contributed by atoms with van der Waals surface area (Å²) in [6.07, 6.45) is 11.0. The summed E-state index contributed by atoms with van der Waals surface area (Å²) in [5, 5.41) is 21.9. The fraction of sp³-hybridized carbons (Fsp3) is 0.931. The van der Waals surface area contributed by atoms with Gasteiger partial charge in [-0.15, -0.1) is 0 Å².